The van der Waals surface area contributed by atoms with Crippen molar-refractivity contribution >= 4 is 11.6 Å². The molecule has 0 aliphatic rings. The van der Waals surface area contributed by atoms with Gasteiger partial charge in [0.25, 0.3) is 0 Å². The number of ether oxygens (including phenoxy) is 1. The van der Waals surface area contributed by atoms with Crippen LogP contribution in [0.2, 0.25) is 5.02 Å². The number of halogens is 1. The minimum atomic E-state index is 0.735. The number of rotatable bonds is 8. The molecule has 0 amide bonds. The average molecular weight is 304 g/mol. The fourth-order valence-electron chi connectivity index (χ4n) is 2.14. The van der Waals surface area contributed by atoms with E-state index in [4.69, 9.17) is 16.3 Å². The Balaban J connectivity index is 1.85. The first-order valence-electron chi connectivity index (χ1n) is 7.45. The van der Waals surface area contributed by atoms with E-state index in [9.17, 15) is 0 Å². The predicted octanol–water partition coefficient (Wildman–Crippen LogP) is 4.46. The molecule has 0 aromatic heterocycles. The highest BCUT2D eigenvalue weighted by Gasteiger charge is 2.04. The molecule has 0 saturated heterocycles. The first-order chi connectivity index (χ1) is 10.3. The highest BCUT2D eigenvalue weighted by atomic mass is 35.5. The van der Waals surface area contributed by atoms with Gasteiger partial charge in [0.15, 0.2) is 0 Å². The number of benzene rings is 2. The molecule has 2 nitrogen and oxygen atoms in total. The van der Waals surface area contributed by atoms with E-state index >= 15 is 0 Å². The molecule has 1 N–H and O–H groups in total. The van der Waals surface area contributed by atoms with Crippen LogP contribution < -0.4 is 10.1 Å². The lowest BCUT2D eigenvalue weighted by Crippen LogP contribution is -2.17. The molecule has 0 bridgehead atoms. The van der Waals surface area contributed by atoms with Crippen LogP contribution in [0, 0.1) is 0 Å². The minimum absolute atomic E-state index is 0.735. The van der Waals surface area contributed by atoms with E-state index in [1.54, 1.807) is 0 Å². The number of nitrogens with one attached hydrogen (secondary N) is 1. The van der Waals surface area contributed by atoms with E-state index in [0.717, 1.165) is 48.9 Å². The fourth-order valence-corrected chi connectivity index (χ4v) is 2.33. The van der Waals surface area contributed by atoms with Crippen LogP contribution in [-0.4, -0.2) is 13.2 Å². The van der Waals surface area contributed by atoms with Crippen LogP contribution in [0.1, 0.15) is 24.5 Å². The van der Waals surface area contributed by atoms with Crippen molar-refractivity contribution in [3.8, 4) is 5.75 Å². The van der Waals surface area contributed by atoms with E-state index in [2.05, 4.69) is 36.5 Å². The summed E-state index contributed by atoms with van der Waals surface area (Å²) in [5.41, 5.74) is 2.46. The van der Waals surface area contributed by atoms with Crippen molar-refractivity contribution < 1.29 is 4.74 Å². The van der Waals surface area contributed by atoms with Gasteiger partial charge < -0.3 is 10.1 Å². The molecule has 112 valence electrons. The van der Waals surface area contributed by atoms with Gasteiger partial charge in [0, 0.05) is 17.1 Å². The Morgan fingerprint density at radius 2 is 1.90 bits per heavy atom. The summed E-state index contributed by atoms with van der Waals surface area (Å²) in [6.07, 6.45) is 2.02. The predicted molar refractivity (Wildman–Crippen MR) is 89.1 cm³/mol. The maximum Gasteiger partial charge on any atom is 0.123 e. The number of hydrogen-bond donors (Lipinski definition) is 1. The maximum absolute atomic E-state index is 6.08. The molecule has 2 aromatic carbocycles. The van der Waals surface area contributed by atoms with Gasteiger partial charge >= 0.3 is 0 Å². The Kier molecular flexibility index (Phi) is 6.58. The molecular formula is C18H22ClNO. The fraction of sp³-hybridized carbons (Fsp3) is 0.333. The van der Waals surface area contributed by atoms with E-state index < -0.39 is 0 Å². The van der Waals surface area contributed by atoms with Crippen molar-refractivity contribution in [3.63, 3.8) is 0 Å². The van der Waals surface area contributed by atoms with Gasteiger partial charge in [0.2, 0.25) is 0 Å². The van der Waals surface area contributed by atoms with Crippen LogP contribution in [0.5, 0.6) is 5.75 Å². The quantitative estimate of drug-likeness (QED) is 0.727. The van der Waals surface area contributed by atoms with Gasteiger partial charge in [-0.25, -0.2) is 0 Å². The molecule has 0 heterocycles. The van der Waals surface area contributed by atoms with E-state index in [1.165, 1.54) is 5.56 Å². The van der Waals surface area contributed by atoms with Gasteiger partial charge in [-0.15, -0.1) is 0 Å². The lowest BCUT2D eigenvalue weighted by atomic mass is 10.1. The monoisotopic (exact) mass is 303 g/mol. The van der Waals surface area contributed by atoms with Crippen LogP contribution in [0.4, 0.5) is 0 Å². The smallest absolute Gasteiger partial charge is 0.123 e. The topological polar surface area (TPSA) is 21.3 Å². The van der Waals surface area contributed by atoms with Gasteiger partial charge in [0.05, 0.1) is 6.61 Å². The second kappa shape index (κ2) is 8.71. The zero-order valence-electron chi connectivity index (χ0n) is 12.4. The molecule has 0 aliphatic carbocycles. The normalized spacial score (nSPS) is 10.6. The molecular weight excluding hydrogens is 282 g/mol. The third kappa shape index (κ3) is 5.41. The molecule has 0 fully saturated rings. The van der Waals surface area contributed by atoms with Crippen LogP contribution in [-0.2, 0) is 13.0 Å². The molecule has 2 aromatic rings. The van der Waals surface area contributed by atoms with Crippen LogP contribution in [0.25, 0.3) is 0 Å². The van der Waals surface area contributed by atoms with Crippen molar-refractivity contribution in [3.05, 3.63) is 64.7 Å². The van der Waals surface area contributed by atoms with E-state index in [1.807, 2.05) is 24.3 Å². The summed E-state index contributed by atoms with van der Waals surface area (Å²) in [6, 6.07) is 16.3. The van der Waals surface area contributed by atoms with Crippen molar-refractivity contribution in [1.29, 1.82) is 0 Å². The van der Waals surface area contributed by atoms with E-state index in [-0.39, 0.29) is 0 Å². The summed E-state index contributed by atoms with van der Waals surface area (Å²) in [4.78, 5) is 0. The third-order valence-corrected chi connectivity index (χ3v) is 3.47. The van der Waals surface area contributed by atoms with Crippen LogP contribution >= 0.6 is 11.6 Å². The summed E-state index contributed by atoms with van der Waals surface area (Å²) >= 11 is 6.08. The van der Waals surface area contributed by atoms with Gasteiger partial charge in [-0.1, -0.05) is 48.9 Å². The highest BCUT2D eigenvalue weighted by Crippen LogP contribution is 2.23. The standard InChI is InChI=1S/C18H22ClNO/c1-2-12-21-18-9-8-17(19)13-16(18)14-20-11-10-15-6-4-3-5-7-15/h3-9,13,20H,2,10-12,14H2,1H3. The Morgan fingerprint density at radius 1 is 1.10 bits per heavy atom. The van der Waals surface area contributed by atoms with Gasteiger partial charge in [-0.3, -0.25) is 0 Å². The maximum atomic E-state index is 6.08. The molecule has 0 aliphatic heterocycles. The van der Waals surface area contributed by atoms with Crippen LogP contribution in [0.15, 0.2) is 48.5 Å². The minimum Gasteiger partial charge on any atom is -0.493 e. The van der Waals surface area contributed by atoms with Gasteiger partial charge in [0.1, 0.15) is 5.75 Å². The summed E-state index contributed by atoms with van der Waals surface area (Å²) in [7, 11) is 0. The molecule has 2 rings (SSSR count). The average Bonchev–Trinajstić information content (AvgIpc) is 2.52. The Labute approximate surface area is 132 Å². The molecule has 0 spiro atoms. The Bertz CT molecular complexity index is 542. The third-order valence-electron chi connectivity index (χ3n) is 3.23. The lowest BCUT2D eigenvalue weighted by molar-refractivity contribution is 0.313. The zero-order valence-corrected chi connectivity index (χ0v) is 13.2. The lowest BCUT2D eigenvalue weighted by Gasteiger charge is -2.12. The first-order valence-corrected chi connectivity index (χ1v) is 7.83. The highest BCUT2D eigenvalue weighted by molar-refractivity contribution is 6.30. The van der Waals surface area contributed by atoms with Crippen molar-refractivity contribution in [1.82, 2.24) is 5.32 Å². The summed E-state index contributed by atoms with van der Waals surface area (Å²) in [6.45, 7) is 4.54. The Hall–Kier alpha value is -1.51. The van der Waals surface area contributed by atoms with Crippen molar-refractivity contribution in [2.75, 3.05) is 13.2 Å². The second-order valence-corrected chi connectivity index (χ2v) is 5.45. The van der Waals surface area contributed by atoms with Crippen molar-refractivity contribution in [2.24, 2.45) is 0 Å². The zero-order chi connectivity index (χ0) is 14.9. The molecule has 3 heteroatoms. The Morgan fingerprint density at radius 3 is 2.67 bits per heavy atom. The van der Waals surface area contributed by atoms with Gasteiger partial charge in [-0.05, 0) is 43.1 Å². The first kappa shape index (κ1) is 15.9. The molecule has 0 atom stereocenters. The van der Waals surface area contributed by atoms with Crippen molar-refractivity contribution in [2.45, 2.75) is 26.3 Å². The molecule has 21 heavy (non-hydrogen) atoms. The number of hydrogen-bond acceptors (Lipinski definition) is 2. The summed E-state index contributed by atoms with van der Waals surface area (Å²) in [5, 5.41) is 4.20. The summed E-state index contributed by atoms with van der Waals surface area (Å²) in [5.74, 6) is 0.925. The second-order valence-electron chi connectivity index (χ2n) is 5.01. The molecule has 0 radical (unpaired) electrons. The SMILES string of the molecule is CCCOc1ccc(Cl)cc1CNCCc1ccccc1. The largest absolute Gasteiger partial charge is 0.493 e. The van der Waals surface area contributed by atoms with E-state index in [0.29, 0.717) is 0 Å². The molecule has 0 unspecified atom stereocenters. The molecule has 0 saturated carbocycles. The van der Waals surface area contributed by atoms with Gasteiger partial charge in [-0.2, -0.15) is 0 Å². The van der Waals surface area contributed by atoms with Crippen LogP contribution in [0.3, 0.4) is 0 Å². The summed E-state index contributed by atoms with van der Waals surface area (Å²) < 4.78 is 5.76.